The summed E-state index contributed by atoms with van der Waals surface area (Å²) in [5, 5.41) is 2.17. The molecule has 2 aromatic rings. The van der Waals surface area contributed by atoms with E-state index in [1.807, 2.05) is 6.92 Å². The summed E-state index contributed by atoms with van der Waals surface area (Å²) in [6, 6.07) is 9.77. The Morgan fingerprint density at radius 3 is 2.38 bits per heavy atom. The van der Waals surface area contributed by atoms with Crippen LogP contribution in [0.3, 0.4) is 0 Å². The van der Waals surface area contributed by atoms with E-state index in [4.69, 9.17) is 14.2 Å². The molecule has 0 unspecified atom stereocenters. The molecule has 3 rings (SSSR count). The van der Waals surface area contributed by atoms with Gasteiger partial charge in [-0.3, -0.25) is 14.9 Å². The van der Waals surface area contributed by atoms with E-state index in [2.05, 4.69) is 11.9 Å². The van der Waals surface area contributed by atoms with Gasteiger partial charge in [0, 0.05) is 0 Å². The molecule has 1 heterocycles. The second-order valence-electron chi connectivity index (χ2n) is 6.96. The SMILES string of the molecule is C=CCOc1ccc(/C=C2\C(=O)NC(=O)N(c3ccc(C(=O)OCC)cc3)C2=O)cc1OCC. The van der Waals surface area contributed by atoms with Crippen molar-refractivity contribution in [3.63, 3.8) is 0 Å². The summed E-state index contributed by atoms with van der Waals surface area (Å²) in [6.07, 6.45) is 2.96. The Bertz CT molecular complexity index is 1150. The molecule has 0 radical (unpaired) electrons. The van der Waals surface area contributed by atoms with Crippen molar-refractivity contribution in [3.8, 4) is 11.5 Å². The number of nitrogens with one attached hydrogen (secondary N) is 1. The van der Waals surface area contributed by atoms with E-state index in [1.165, 1.54) is 30.3 Å². The summed E-state index contributed by atoms with van der Waals surface area (Å²) in [5.74, 6) is -1.22. The number of hydrogen-bond acceptors (Lipinski definition) is 7. The zero-order valence-electron chi connectivity index (χ0n) is 18.8. The zero-order chi connectivity index (χ0) is 24.7. The fourth-order valence-corrected chi connectivity index (χ4v) is 3.17. The van der Waals surface area contributed by atoms with Gasteiger partial charge in [-0.25, -0.2) is 14.5 Å². The van der Waals surface area contributed by atoms with Crippen LogP contribution in [0.25, 0.3) is 6.08 Å². The highest BCUT2D eigenvalue weighted by atomic mass is 16.5. The third-order valence-corrected chi connectivity index (χ3v) is 4.67. The van der Waals surface area contributed by atoms with Crippen molar-refractivity contribution in [3.05, 3.63) is 71.8 Å². The maximum absolute atomic E-state index is 13.1. The summed E-state index contributed by atoms with van der Waals surface area (Å²) < 4.78 is 16.1. The molecule has 0 spiro atoms. The van der Waals surface area contributed by atoms with Crippen molar-refractivity contribution < 1.29 is 33.4 Å². The van der Waals surface area contributed by atoms with Gasteiger partial charge in [0.25, 0.3) is 11.8 Å². The number of barbiturate groups is 1. The molecule has 1 fully saturated rings. The Balaban J connectivity index is 1.92. The van der Waals surface area contributed by atoms with E-state index >= 15 is 0 Å². The number of urea groups is 1. The van der Waals surface area contributed by atoms with Gasteiger partial charge < -0.3 is 14.2 Å². The molecule has 0 saturated carbocycles. The summed E-state index contributed by atoms with van der Waals surface area (Å²) in [7, 11) is 0. The molecule has 1 aliphatic rings. The van der Waals surface area contributed by atoms with Crippen molar-refractivity contribution in [2.24, 2.45) is 0 Å². The van der Waals surface area contributed by atoms with Gasteiger partial charge in [-0.15, -0.1) is 0 Å². The number of benzene rings is 2. The fourth-order valence-electron chi connectivity index (χ4n) is 3.17. The van der Waals surface area contributed by atoms with Crippen LogP contribution in [0.5, 0.6) is 11.5 Å². The van der Waals surface area contributed by atoms with Crippen LogP contribution in [0.4, 0.5) is 10.5 Å². The first kappa shape index (κ1) is 24.2. The third kappa shape index (κ3) is 5.32. The Kier molecular flexibility index (Phi) is 7.81. The molecule has 1 aliphatic heterocycles. The van der Waals surface area contributed by atoms with Gasteiger partial charge in [-0.2, -0.15) is 0 Å². The molecule has 1 saturated heterocycles. The summed E-state index contributed by atoms with van der Waals surface area (Å²) in [4.78, 5) is 50.7. The van der Waals surface area contributed by atoms with Gasteiger partial charge in [0.05, 0.1) is 24.5 Å². The van der Waals surface area contributed by atoms with Gasteiger partial charge >= 0.3 is 12.0 Å². The van der Waals surface area contributed by atoms with Crippen LogP contribution in [0.1, 0.15) is 29.8 Å². The first-order valence-electron chi connectivity index (χ1n) is 10.6. The van der Waals surface area contributed by atoms with Crippen molar-refractivity contribution >= 4 is 35.6 Å². The van der Waals surface area contributed by atoms with Crippen LogP contribution in [0.2, 0.25) is 0 Å². The van der Waals surface area contributed by atoms with Crippen molar-refractivity contribution in [1.82, 2.24) is 5.32 Å². The standard InChI is InChI=1S/C25H24N2O7/c1-4-13-34-20-12-7-16(15-21(20)32-5-2)14-19-22(28)26-25(31)27(23(19)29)18-10-8-17(9-11-18)24(30)33-6-3/h4,7-12,14-15H,1,5-6,13H2,2-3H3,(H,26,28,31)/b19-14+. The molecule has 0 aromatic heterocycles. The van der Waals surface area contributed by atoms with Crippen LogP contribution in [-0.4, -0.2) is 43.6 Å². The Morgan fingerprint density at radius 1 is 1.00 bits per heavy atom. The maximum atomic E-state index is 13.1. The van der Waals surface area contributed by atoms with E-state index in [0.717, 1.165) is 4.90 Å². The van der Waals surface area contributed by atoms with Crippen molar-refractivity contribution in [2.75, 3.05) is 24.7 Å². The van der Waals surface area contributed by atoms with E-state index in [1.54, 1.807) is 31.2 Å². The van der Waals surface area contributed by atoms with Crippen LogP contribution in [0.15, 0.2) is 60.7 Å². The Morgan fingerprint density at radius 2 is 1.74 bits per heavy atom. The average Bonchev–Trinajstić information content (AvgIpc) is 2.82. The molecule has 2 aromatic carbocycles. The monoisotopic (exact) mass is 464 g/mol. The number of hydrogen-bond donors (Lipinski definition) is 1. The first-order valence-corrected chi connectivity index (χ1v) is 10.6. The molecule has 176 valence electrons. The van der Waals surface area contributed by atoms with Crippen LogP contribution in [-0.2, 0) is 14.3 Å². The second kappa shape index (κ2) is 11.0. The average molecular weight is 464 g/mol. The van der Waals surface area contributed by atoms with Gasteiger partial charge in [0.1, 0.15) is 12.2 Å². The van der Waals surface area contributed by atoms with Crippen molar-refractivity contribution in [2.45, 2.75) is 13.8 Å². The molecule has 0 atom stereocenters. The number of imide groups is 2. The molecule has 9 nitrogen and oxygen atoms in total. The van der Waals surface area contributed by atoms with Gasteiger partial charge in [-0.1, -0.05) is 18.7 Å². The number of carbonyl (C=O) groups is 4. The number of anilines is 1. The smallest absolute Gasteiger partial charge is 0.338 e. The molecule has 34 heavy (non-hydrogen) atoms. The minimum Gasteiger partial charge on any atom is -0.490 e. The highest BCUT2D eigenvalue weighted by Gasteiger charge is 2.36. The zero-order valence-corrected chi connectivity index (χ0v) is 18.8. The van der Waals surface area contributed by atoms with Crippen LogP contribution < -0.4 is 19.7 Å². The number of nitrogens with zero attached hydrogens (tertiary/aromatic N) is 1. The van der Waals surface area contributed by atoms with Crippen LogP contribution >= 0.6 is 0 Å². The fraction of sp³-hybridized carbons (Fsp3) is 0.200. The lowest BCUT2D eigenvalue weighted by Gasteiger charge is -2.26. The molecule has 1 N–H and O–H groups in total. The Hall–Kier alpha value is -4.40. The van der Waals surface area contributed by atoms with Gasteiger partial charge in [0.15, 0.2) is 11.5 Å². The quantitative estimate of drug-likeness (QED) is 0.262. The molecule has 9 heteroatoms. The number of amides is 4. The normalized spacial score (nSPS) is 14.6. The predicted octanol–water partition coefficient (Wildman–Crippen LogP) is 3.49. The molecule has 0 aliphatic carbocycles. The second-order valence-corrected chi connectivity index (χ2v) is 6.96. The number of carbonyl (C=O) groups excluding carboxylic acids is 4. The lowest BCUT2D eigenvalue weighted by Crippen LogP contribution is -2.54. The number of esters is 1. The number of ether oxygens (including phenoxy) is 3. The number of rotatable bonds is 9. The lowest BCUT2D eigenvalue weighted by atomic mass is 10.1. The van der Waals surface area contributed by atoms with E-state index < -0.39 is 23.8 Å². The third-order valence-electron chi connectivity index (χ3n) is 4.67. The highest BCUT2D eigenvalue weighted by Crippen LogP contribution is 2.30. The van der Waals surface area contributed by atoms with Crippen molar-refractivity contribution in [1.29, 1.82) is 0 Å². The minimum absolute atomic E-state index is 0.192. The van der Waals surface area contributed by atoms with E-state index in [-0.39, 0.29) is 30.0 Å². The van der Waals surface area contributed by atoms with Gasteiger partial charge in [0.2, 0.25) is 0 Å². The predicted molar refractivity (Wildman–Crippen MR) is 125 cm³/mol. The van der Waals surface area contributed by atoms with E-state index in [0.29, 0.717) is 23.7 Å². The summed E-state index contributed by atoms with van der Waals surface area (Å²) in [5.41, 5.74) is 0.720. The first-order chi connectivity index (χ1) is 16.4. The molecule has 4 amide bonds. The van der Waals surface area contributed by atoms with Gasteiger partial charge in [-0.05, 0) is 61.9 Å². The Labute approximate surface area is 196 Å². The topological polar surface area (TPSA) is 111 Å². The molecule has 0 bridgehead atoms. The minimum atomic E-state index is -0.890. The largest absolute Gasteiger partial charge is 0.490 e. The highest BCUT2D eigenvalue weighted by molar-refractivity contribution is 6.39. The maximum Gasteiger partial charge on any atom is 0.338 e. The summed E-state index contributed by atoms with van der Waals surface area (Å²) >= 11 is 0. The lowest BCUT2D eigenvalue weighted by molar-refractivity contribution is -0.122. The van der Waals surface area contributed by atoms with E-state index in [9.17, 15) is 19.2 Å². The molecular formula is C25H24N2O7. The van der Waals surface area contributed by atoms with Crippen LogP contribution in [0, 0.1) is 0 Å². The summed E-state index contributed by atoms with van der Waals surface area (Å²) in [6.45, 7) is 8.00. The molecular weight excluding hydrogens is 440 g/mol.